The molecule has 0 N–H and O–H groups in total. The molecule has 6 heteroatoms. The summed E-state index contributed by atoms with van der Waals surface area (Å²) in [6.07, 6.45) is -0.783. The Kier molecular flexibility index (Phi) is 3.71. The minimum Gasteiger partial charge on any atom is -0.497 e. The summed E-state index contributed by atoms with van der Waals surface area (Å²) in [5.41, 5.74) is 0.606. The van der Waals surface area contributed by atoms with E-state index >= 15 is 0 Å². The number of carbonyl (C=O) groups excluding carboxylic acids is 2. The molecule has 0 radical (unpaired) electrons. The van der Waals surface area contributed by atoms with E-state index in [0.29, 0.717) is 11.4 Å². The van der Waals surface area contributed by atoms with Crippen LogP contribution in [0.15, 0.2) is 24.3 Å². The molecular weight excluding hydrogens is 250 g/mol. The van der Waals surface area contributed by atoms with E-state index in [4.69, 9.17) is 14.2 Å². The molecule has 1 aliphatic heterocycles. The van der Waals surface area contributed by atoms with E-state index in [1.54, 1.807) is 31.4 Å². The molecule has 1 fully saturated rings. The summed E-state index contributed by atoms with van der Waals surface area (Å²) in [5.74, 6) is -0.0834. The van der Waals surface area contributed by atoms with Crippen molar-refractivity contribution in [1.82, 2.24) is 0 Å². The number of β-lactam (4-membered cyclic amide) rings is 1. The molecule has 1 heterocycles. The molecule has 1 amide bonds. The number of anilines is 1. The summed E-state index contributed by atoms with van der Waals surface area (Å²) in [6, 6.07) is 6.11. The standard InChI is InChI=1S/C13H15NO5/c1-17-9-6-4-8(5-7-9)14-10(13(16)19-3)11(18-2)12(14)15/h4-7,10-11H,1-3H3/t10-,11+/m0/s1. The Hall–Kier alpha value is -2.08. The van der Waals surface area contributed by atoms with Crippen molar-refractivity contribution in [2.24, 2.45) is 0 Å². The third kappa shape index (κ3) is 2.15. The zero-order valence-corrected chi connectivity index (χ0v) is 11.0. The summed E-state index contributed by atoms with van der Waals surface area (Å²) < 4.78 is 14.8. The molecule has 19 heavy (non-hydrogen) atoms. The van der Waals surface area contributed by atoms with Crippen LogP contribution in [0.25, 0.3) is 0 Å². The van der Waals surface area contributed by atoms with E-state index in [1.807, 2.05) is 0 Å². The van der Waals surface area contributed by atoms with Crippen LogP contribution in [0, 0.1) is 0 Å². The summed E-state index contributed by atoms with van der Waals surface area (Å²) in [6.45, 7) is 0. The highest BCUT2D eigenvalue weighted by Gasteiger charge is 2.53. The smallest absolute Gasteiger partial charge is 0.332 e. The zero-order valence-electron chi connectivity index (χ0n) is 11.0. The molecule has 0 saturated carbocycles. The molecule has 0 aromatic heterocycles. The molecule has 1 aromatic rings. The van der Waals surface area contributed by atoms with Crippen LogP contribution in [0.5, 0.6) is 5.75 Å². The van der Waals surface area contributed by atoms with E-state index in [0.717, 1.165) is 0 Å². The van der Waals surface area contributed by atoms with Gasteiger partial charge in [0.05, 0.1) is 14.2 Å². The molecule has 6 nitrogen and oxygen atoms in total. The number of amides is 1. The number of hydrogen-bond acceptors (Lipinski definition) is 5. The van der Waals surface area contributed by atoms with Gasteiger partial charge in [0.1, 0.15) is 5.75 Å². The van der Waals surface area contributed by atoms with Crippen molar-refractivity contribution in [3.05, 3.63) is 24.3 Å². The van der Waals surface area contributed by atoms with Gasteiger partial charge >= 0.3 is 5.97 Å². The van der Waals surface area contributed by atoms with Gasteiger partial charge < -0.3 is 14.2 Å². The minimum absolute atomic E-state index is 0.261. The van der Waals surface area contributed by atoms with Crippen LogP contribution in [-0.4, -0.2) is 45.4 Å². The van der Waals surface area contributed by atoms with Gasteiger partial charge in [0.15, 0.2) is 12.1 Å². The first kappa shape index (κ1) is 13.4. The van der Waals surface area contributed by atoms with Crippen molar-refractivity contribution in [1.29, 1.82) is 0 Å². The monoisotopic (exact) mass is 265 g/mol. The van der Waals surface area contributed by atoms with Crippen LogP contribution < -0.4 is 9.64 Å². The molecule has 1 aliphatic rings. The van der Waals surface area contributed by atoms with Gasteiger partial charge in [-0.1, -0.05) is 0 Å². The second-order valence-corrected chi connectivity index (χ2v) is 4.03. The van der Waals surface area contributed by atoms with Crippen LogP contribution in [0.4, 0.5) is 5.69 Å². The van der Waals surface area contributed by atoms with Gasteiger partial charge in [-0.2, -0.15) is 0 Å². The van der Waals surface area contributed by atoms with Gasteiger partial charge in [-0.3, -0.25) is 9.69 Å². The summed E-state index contributed by atoms with van der Waals surface area (Å²) in [4.78, 5) is 25.0. The first-order chi connectivity index (χ1) is 9.13. The van der Waals surface area contributed by atoms with Gasteiger partial charge in [-0.25, -0.2) is 4.79 Å². The van der Waals surface area contributed by atoms with Crippen molar-refractivity contribution in [2.45, 2.75) is 12.1 Å². The average molecular weight is 265 g/mol. The predicted octanol–water partition coefficient (Wildman–Crippen LogP) is 0.598. The molecule has 0 unspecified atom stereocenters. The highest BCUT2D eigenvalue weighted by atomic mass is 16.5. The molecule has 0 bridgehead atoms. The normalized spacial score (nSPS) is 21.8. The maximum absolute atomic E-state index is 11.9. The number of esters is 1. The number of rotatable bonds is 4. The fourth-order valence-corrected chi connectivity index (χ4v) is 2.07. The van der Waals surface area contributed by atoms with E-state index in [-0.39, 0.29) is 5.91 Å². The summed E-state index contributed by atoms with van der Waals surface area (Å²) in [5, 5.41) is 0. The number of nitrogens with zero attached hydrogens (tertiary/aromatic N) is 1. The number of methoxy groups -OCH3 is 3. The average Bonchev–Trinajstić information content (AvgIpc) is 2.45. The first-order valence-corrected chi connectivity index (χ1v) is 5.71. The first-order valence-electron chi connectivity index (χ1n) is 5.71. The molecule has 2 atom stereocenters. The van der Waals surface area contributed by atoms with E-state index in [1.165, 1.54) is 19.1 Å². The van der Waals surface area contributed by atoms with Gasteiger partial charge in [0, 0.05) is 12.8 Å². The Balaban J connectivity index is 2.26. The van der Waals surface area contributed by atoms with Crippen molar-refractivity contribution in [3.8, 4) is 5.75 Å². The summed E-state index contributed by atoms with van der Waals surface area (Å²) in [7, 11) is 4.23. The van der Waals surface area contributed by atoms with Crippen molar-refractivity contribution < 1.29 is 23.8 Å². The maximum Gasteiger partial charge on any atom is 0.332 e. The quantitative estimate of drug-likeness (QED) is 0.589. The van der Waals surface area contributed by atoms with Crippen molar-refractivity contribution >= 4 is 17.6 Å². The zero-order chi connectivity index (χ0) is 14.0. The van der Waals surface area contributed by atoms with Crippen molar-refractivity contribution in [2.75, 3.05) is 26.2 Å². The molecule has 1 aromatic carbocycles. The highest BCUT2D eigenvalue weighted by Crippen LogP contribution is 2.31. The Morgan fingerprint density at radius 2 is 1.79 bits per heavy atom. The highest BCUT2D eigenvalue weighted by molar-refractivity contribution is 6.12. The third-order valence-electron chi connectivity index (χ3n) is 3.09. The third-order valence-corrected chi connectivity index (χ3v) is 3.09. The lowest BCUT2D eigenvalue weighted by Gasteiger charge is -2.43. The predicted molar refractivity (Wildman–Crippen MR) is 67.1 cm³/mol. The van der Waals surface area contributed by atoms with Crippen LogP contribution in [0.1, 0.15) is 0 Å². The van der Waals surface area contributed by atoms with Gasteiger partial charge in [0.2, 0.25) is 0 Å². The van der Waals surface area contributed by atoms with Gasteiger partial charge in [-0.15, -0.1) is 0 Å². The van der Waals surface area contributed by atoms with Gasteiger partial charge in [-0.05, 0) is 24.3 Å². The van der Waals surface area contributed by atoms with E-state index in [9.17, 15) is 9.59 Å². The second kappa shape index (κ2) is 5.27. The molecule has 2 rings (SSSR count). The fraction of sp³-hybridized carbons (Fsp3) is 0.385. The molecular formula is C13H15NO5. The van der Waals surface area contributed by atoms with E-state index in [2.05, 4.69) is 0 Å². The second-order valence-electron chi connectivity index (χ2n) is 4.03. The lowest BCUT2D eigenvalue weighted by Crippen LogP contribution is -2.69. The number of ether oxygens (including phenoxy) is 3. The summed E-state index contributed by atoms with van der Waals surface area (Å²) >= 11 is 0. The molecule has 1 saturated heterocycles. The van der Waals surface area contributed by atoms with Crippen LogP contribution >= 0.6 is 0 Å². The molecule has 0 aliphatic carbocycles. The molecule has 0 spiro atoms. The van der Waals surface area contributed by atoms with Gasteiger partial charge in [0.25, 0.3) is 5.91 Å². The lowest BCUT2D eigenvalue weighted by atomic mass is 9.96. The van der Waals surface area contributed by atoms with Crippen LogP contribution in [0.2, 0.25) is 0 Å². The Bertz CT molecular complexity index is 484. The largest absolute Gasteiger partial charge is 0.497 e. The lowest BCUT2D eigenvalue weighted by molar-refractivity contribution is -0.158. The Labute approximate surface area is 110 Å². The number of hydrogen-bond donors (Lipinski definition) is 0. The SMILES string of the molecule is COC(=O)[C@@H]1[C@@H](OC)C(=O)N1c1ccc(OC)cc1. The topological polar surface area (TPSA) is 65.1 Å². The van der Waals surface area contributed by atoms with Crippen molar-refractivity contribution in [3.63, 3.8) is 0 Å². The van der Waals surface area contributed by atoms with E-state index < -0.39 is 18.1 Å². The number of carbonyl (C=O) groups is 2. The Morgan fingerprint density at radius 3 is 2.26 bits per heavy atom. The maximum atomic E-state index is 11.9. The Morgan fingerprint density at radius 1 is 1.16 bits per heavy atom. The molecule has 102 valence electrons. The van der Waals surface area contributed by atoms with Crippen LogP contribution in [0.3, 0.4) is 0 Å². The van der Waals surface area contributed by atoms with Crippen LogP contribution in [-0.2, 0) is 19.1 Å². The fourth-order valence-electron chi connectivity index (χ4n) is 2.07. The number of benzene rings is 1. The minimum atomic E-state index is -0.783.